The first kappa shape index (κ1) is 12.4. The van der Waals surface area contributed by atoms with Crippen molar-refractivity contribution in [2.45, 2.75) is 44.0 Å². The molecule has 0 aromatic heterocycles. The fraction of sp³-hybridized carbons (Fsp3) is 0.538. The maximum Gasteiger partial charge on any atom is 0.0343 e. The minimum absolute atomic E-state index is 0.620. The van der Waals surface area contributed by atoms with Crippen LogP contribution in [0.15, 0.2) is 29.2 Å². The molecule has 0 spiro atoms. The molecule has 1 atom stereocenters. The zero-order chi connectivity index (χ0) is 11.1. The molecule has 0 saturated heterocycles. The molecule has 0 aliphatic carbocycles. The highest BCUT2D eigenvalue weighted by atomic mass is 32.2. The Morgan fingerprint density at radius 3 is 2.33 bits per heavy atom. The van der Waals surface area contributed by atoms with Crippen LogP contribution in [-0.4, -0.2) is 12.3 Å². The smallest absolute Gasteiger partial charge is 0.0343 e. The number of rotatable bonds is 6. The summed E-state index contributed by atoms with van der Waals surface area (Å²) in [7, 11) is 0. The molecule has 0 heterocycles. The van der Waals surface area contributed by atoms with E-state index in [4.69, 9.17) is 0 Å². The van der Waals surface area contributed by atoms with Gasteiger partial charge < -0.3 is 5.32 Å². The third-order valence-corrected chi connectivity index (χ3v) is 3.33. The van der Waals surface area contributed by atoms with Gasteiger partial charge in [-0.25, -0.2) is 0 Å². The van der Waals surface area contributed by atoms with Crippen molar-refractivity contribution in [1.82, 2.24) is 0 Å². The van der Waals surface area contributed by atoms with Gasteiger partial charge in [-0.1, -0.05) is 20.3 Å². The first-order valence-corrected chi connectivity index (χ1v) is 6.93. The molecule has 1 N–H and O–H groups in total. The molecule has 0 aliphatic heterocycles. The van der Waals surface area contributed by atoms with Gasteiger partial charge in [0.05, 0.1) is 0 Å². The summed E-state index contributed by atoms with van der Waals surface area (Å²) in [6, 6.07) is 9.31. The number of hydrogen-bond acceptors (Lipinski definition) is 2. The minimum Gasteiger partial charge on any atom is -0.382 e. The molecule has 1 nitrogen and oxygen atoms in total. The van der Waals surface area contributed by atoms with Gasteiger partial charge in [-0.2, -0.15) is 0 Å². The highest BCUT2D eigenvalue weighted by molar-refractivity contribution is 7.98. The van der Waals surface area contributed by atoms with Crippen molar-refractivity contribution in [3.05, 3.63) is 24.3 Å². The summed E-state index contributed by atoms with van der Waals surface area (Å²) < 4.78 is 0. The predicted octanol–water partition coefficient (Wildman–Crippen LogP) is 4.40. The molecule has 1 aromatic carbocycles. The lowest BCUT2D eigenvalue weighted by Crippen LogP contribution is -2.17. The van der Waals surface area contributed by atoms with Gasteiger partial charge in [0, 0.05) is 16.6 Å². The fourth-order valence-corrected chi connectivity index (χ4v) is 2.06. The van der Waals surface area contributed by atoms with Crippen LogP contribution >= 0.6 is 11.8 Å². The second-order valence-corrected chi connectivity index (χ2v) is 4.65. The summed E-state index contributed by atoms with van der Waals surface area (Å²) in [6.07, 6.45) is 5.79. The number of anilines is 1. The first-order valence-electron chi connectivity index (χ1n) is 5.70. The Bertz CT molecular complexity index is 268. The topological polar surface area (TPSA) is 12.0 Å². The van der Waals surface area contributed by atoms with E-state index in [9.17, 15) is 0 Å². The monoisotopic (exact) mass is 223 g/mol. The average molecular weight is 223 g/mol. The van der Waals surface area contributed by atoms with Crippen molar-refractivity contribution >= 4 is 17.4 Å². The van der Waals surface area contributed by atoms with E-state index >= 15 is 0 Å². The summed E-state index contributed by atoms with van der Waals surface area (Å²) in [6.45, 7) is 4.48. The van der Waals surface area contributed by atoms with Crippen LogP contribution in [0.1, 0.15) is 33.1 Å². The molecule has 0 saturated carbocycles. The SMILES string of the molecule is CCCC(CC)Nc1ccc(SC)cc1. The van der Waals surface area contributed by atoms with Crippen LogP contribution in [-0.2, 0) is 0 Å². The molecule has 0 radical (unpaired) electrons. The molecule has 0 bridgehead atoms. The Kier molecular flexibility index (Phi) is 5.62. The van der Waals surface area contributed by atoms with E-state index in [0.717, 1.165) is 0 Å². The number of hydrogen-bond donors (Lipinski definition) is 1. The second kappa shape index (κ2) is 6.78. The lowest BCUT2D eigenvalue weighted by atomic mass is 10.1. The van der Waals surface area contributed by atoms with Crippen molar-refractivity contribution in [1.29, 1.82) is 0 Å². The van der Waals surface area contributed by atoms with E-state index in [1.807, 2.05) is 0 Å². The van der Waals surface area contributed by atoms with Crippen molar-refractivity contribution < 1.29 is 0 Å². The van der Waals surface area contributed by atoms with Gasteiger partial charge in [-0.3, -0.25) is 0 Å². The number of thioether (sulfide) groups is 1. The average Bonchev–Trinajstić information content (AvgIpc) is 2.29. The third kappa shape index (κ3) is 4.17. The van der Waals surface area contributed by atoms with Gasteiger partial charge in [0.1, 0.15) is 0 Å². The van der Waals surface area contributed by atoms with Crippen molar-refractivity contribution in [2.24, 2.45) is 0 Å². The van der Waals surface area contributed by atoms with Crippen LogP contribution in [0.3, 0.4) is 0 Å². The summed E-state index contributed by atoms with van der Waals surface area (Å²) in [5, 5.41) is 3.57. The maximum absolute atomic E-state index is 3.57. The minimum atomic E-state index is 0.620. The van der Waals surface area contributed by atoms with E-state index in [-0.39, 0.29) is 0 Å². The highest BCUT2D eigenvalue weighted by Crippen LogP contribution is 2.19. The first-order chi connectivity index (χ1) is 7.30. The van der Waals surface area contributed by atoms with Crippen molar-refractivity contribution in [3.8, 4) is 0 Å². The number of benzene rings is 1. The van der Waals surface area contributed by atoms with Crippen LogP contribution in [0.2, 0.25) is 0 Å². The molecule has 1 unspecified atom stereocenters. The molecule has 15 heavy (non-hydrogen) atoms. The lowest BCUT2D eigenvalue weighted by molar-refractivity contribution is 0.623. The summed E-state index contributed by atoms with van der Waals surface area (Å²) in [5.74, 6) is 0. The zero-order valence-electron chi connectivity index (χ0n) is 9.92. The quantitative estimate of drug-likeness (QED) is 0.717. The van der Waals surface area contributed by atoms with E-state index in [1.165, 1.54) is 29.8 Å². The molecule has 1 rings (SSSR count). The van der Waals surface area contributed by atoms with Gasteiger partial charge in [0.15, 0.2) is 0 Å². The van der Waals surface area contributed by atoms with Crippen LogP contribution in [0.4, 0.5) is 5.69 Å². The van der Waals surface area contributed by atoms with Crippen LogP contribution in [0.5, 0.6) is 0 Å². The van der Waals surface area contributed by atoms with Crippen LogP contribution in [0, 0.1) is 0 Å². The van der Waals surface area contributed by atoms with Crippen molar-refractivity contribution in [3.63, 3.8) is 0 Å². The van der Waals surface area contributed by atoms with Gasteiger partial charge >= 0.3 is 0 Å². The Labute approximate surface area is 97.7 Å². The van der Waals surface area contributed by atoms with E-state index < -0.39 is 0 Å². The molecular formula is C13H21NS. The Morgan fingerprint density at radius 1 is 1.20 bits per heavy atom. The molecule has 84 valence electrons. The lowest BCUT2D eigenvalue weighted by Gasteiger charge is -2.17. The molecular weight excluding hydrogens is 202 g/mol. The van der Waals surface area contributed by atoms with Crippen LogP contribution in [0.25, 0.3) is 0 Å². The molecule has 0 fully saturated rings. The summed E-state index contributed by atoms with van der Waals surface area (Å²) in [4.78, 5) is 1.32. The standard InChI is InChI=1S/C13H21NS/c1-4-6-11(5-2)14-12-7-9-13(15-3)10-8-12/h7-11,14H,4-6H2,1-3H3. The third-order valence-electron chi connectivity index (χ3n) is 2.59. The normalized spacial score (nSPS) is 12.5. The van der Waals surface area contributed by atoms with Gasteiger partial charge in [0.25, 0.3) is 0 Å². The Balaban J connectivity index is 2.55. The van der Waals surface area contributed by atoms with Crippen LogP contribution < -0.4 is 5.32 Å². The van der Waals surface area contributed by atoms with E-state index in [2.05, 4.69) is 49.7 Å². The molecule has 2 heteroatoms. The Hall–Kier alpha value is -0.630. The number of nitrogens with one attached hydrogen (secondary N) is 1. The van der Waals surface area contributed by atoms with Crippen molar-refractivity contribution in [2.75, 3.05) is 11.6 Å². The maximum atomic E-state index is 3.57. The fourth-order valence-electron chi connectivity index (χ4n) is 1.65. The molecule has 1 aromatic rings. The van der Waals surface area contributed by atoms with Gasteiger partial charge in [0.2, 0.25) is 0 Å². The van der Waals surface area contributed by atoms with E-state index in [0.29, 0.717) is 6.04 Å². The summed E-state index contributed by atoms with van der Waals surface area (Å²) >= 11 is 1.78. The zero-order valence-corrected chi connectivity index (χ0v) is 10.7. The largest absolute Gasteiger partial charge is 0.382 e. The van der Waals surface area contributed by atoms with Gasteiger partial charge in [-0.05, 0) is 43.4 Å². The molecule has 0 aliphatic rings. The van der Waals surface area contributed by atoms with Gasteiger partial charge in [-0.15, -0.1) is 11.8 Å². The second-order valence-electron chi connectivity index (χ2n) is 3.77. The Morgan fingerprint density at radius 2 is 1.87 bits per heavy atom. The van der Waals surface area contributed by atoms with E-state index in [1.54, 1.807) is 11.8 Å². The predicted molar refractivity (Wildman–Crippen MR) is 70.8 cm³/mol. The summed E-state index contributed by atoms with van der Waals surface area (Å²) in [5.41, 5.74) is 1.24. The molecule has 0 amide bonds. The highest BCUT2D eigenvalue weighted by Gasteiger charge is 2.03.